The molecule has 0 aromatic heterocycles. The minimum Gasteiger partial charge on any atom is -0.367 e. The molecule has 0 spiro atoms. The van der Waals surface area contributed by atoms with Gasteiger partial charge in [-0.3, -0.25) is 0 Å². The van der Waals surface area contributed by atoms with Gasteiger partial charge in [-0.15, -0.1) is 11.1 Å². The van der Waals surface area contributed by atoms with Gasteiger partial charge in [-0.05, 0) is 18.9 Å². The van der Waals surface area contributed by atoms with Gasteiger partial charge in [-0.2, -0.15) is 0 Å². The highest BCUT2D eigenvalue weighted by Crippen LogP contribution is 3.10. The Morgan fingerprint density at radius 1 is 0.581 bits per heavy atom. The summed E-state index contributed by atoms with van der Waals surface area (Å²) in [6, 6.07) is 0. The molecule has 2 nitrogen and oxygen atoms in total. The number of halogens is 1. The van der Waals surface area contributed by atoms with Crippen molar-refractivity contribution in [3.8, 4) is 0 Å². The van der Waals surface area contributed by atoms with Gasteiger partial charge in [-0.1, -0.05) is 110 Å². The number of hydrogen-bond donors (Lipinski definition) is 0. The molecule has 5 unspecified atom stereocenters. The molecule has 9 heteroatoms. The zero-order valence-corrected chi connectivity index (χ0v) is 30.5. The molecule has 2 saturated heterocycles. The summed E-state index contributed by atoms with van der Waals surface area (Å²) in [6.07, 6.45) is 0. The molecule has 0 aromatic rings. The van der Waals surface area contributed by atoms with Crippen LogP contribution in [0.3, 0.4) is 0 Å². The molecule has 5 atom stereocenters. The second-order valence-electron chi connectivity index (χ2n) is 15.3. The van der Waals surface area contributed by atoms with Crippen molar-refractivity contribution in [1.29, 1.82) is 0 Å². The first-order valence-electron chi connectivity index (χ1n) is 12.3. The Kier molecular flexibility index (Phi) is 5.48. The normalized spacial score (nSPS) is 43.0. The molecule has 180 valence electrons. The predicted molar refractivity (Wildman–Crippen MR) is 158 cm³/mol. The molecule has 1 aliphatic carbocycles. The Morgan fingerprint density at radius 2 is 0.871 bits per heavy atom. The van der Waals surface area contributed by atoms with E-state index >= 15 is 0 Å². The number of rotatable bonds is 6. The Bertz CT molecular complexity index is 837. The van der Waals surface area contributed by atoms with E-state index in [4.69, 9.17) is 11.1 Å². The van der Waals surface area contributed by atoms with E-state index in [2.05, 4.69) is 121 Å². The second kappa shape index (κ2) is 6.32. The SMILES string of the molecule is CC1=C(C)C2(C)C3(C)C1(C)[Si](Cl)(N([Si](C)(C)C)[Si](C)(C)C)[Si]23N([Si](C)(C)C)[Si](C)(C)C. The van der Waals surface area contributed by atoms with Crippen LogP contribution in [0.5, 0.6) is 0 Å². The molecule has 0 aromatic carbocycles. The largest absolute Gasteiger partial charge is 0.367 e. The lowest BCUT2D eigenvalue weighted by molar-refractivity contribution is 0.495. The van der Waals surface area contributed by atoms with E-state index in [1.54, 1.807) is 11.1 Å². The van der Waals surface area contributed by atoms with Crippen molar-refractivity contribution in [3.63, 3.8) is 0 Å². The smallest absolute Gasteiger partial charge is 0.231 e. The molecule has 3 aliphatic rings. The lowest BCUT2D eigenvalue weighted by atomic mass is 9.88. The average molecular weight is 548 g/mol. The van der Waals surface area contributed by atoms with E-state index in [-0.39, 0.29) is 5.04 Å². The van der Waals surface area contributed by atoms with Crippen LogP contribution in [0.15, 0.2) is 11.1 Å². The van der Waals surface area contributed by atoms with E-state index in [1.165, 1.54) is 0 Å². The Hall–Kier alpha value is 1.25. The summed E-state index contributed by atoms with van der Waals surface area (Å²) in [5.74, 6) is 0. The highest BCUT2D eigenvalue weighted by molar-refractivity contribution is 7.72. The van der Waals surface area contributed by atoms with E-state index in [9.17, 15) is 0 Å². The van der Waals surface area contributed by atoms with E-state index < -0.39 is 47.8 Å². The van der Waals surface area contributed by atoms with Crippen LogP contribution < -0.4 is 0 Å². The summed E-state index contributed by atoms with van der Waals surface area (Å²) in [5, 5.41) is 0.975. The molecule has 0 saturated carbocycles. The third kappa shape index (κ3) is 2.41. The molecule has 0 radical (unpaired) electrons. The molecule has 31 heavy (non-hydrogen) atoms. The zero-order valence-electron chi connectivity index (χ0n) is 23.8. The highest BCUT2D eigenvalue weighted by atomic mass is 35.6. The third-order valence-electron chi connectivity index (χ3n) is 9.92. The van der Waals surface area contributed by atoms with E-state index in [1.807, 2.05) is 0 Å². The van der Waals surface area contributed by atoms with Gasteiger partial charge in [0.25, 0.3) is 0 Å². The first-order chi connectivity index (χ1) is 13.3. The van der Waals surface area contributed by atoms with Gasteiger partial charge < -0.3 is 7.79 Å². The monoisotopic (exact) mass is 546 g/mol. The maximum atomic E-state index is 8.64. The summed E-state index contributed by atoms with van der Waals surface area (Å²) in [5.41, 5.74) is 3.42. The van der Waals surface area contributed by atoms with Crippen molar-refractivity contribution in [2.24, 2.45) is 0 Å². The predicted octanol–water partition coefficient (Wildman–Crippen LogP) is 8.29. The van der Waals surface area contributed by atoms with Gasteiger partial charge >= 0.3 is 0 Å². The molecule has 0 bridgehead atoms. The van der Waals surface area contributed by atoms with Gasteiger partial charge in [0.15, 0.2) is 7.75 Å². The molecular formula is C22H51ClN2Si6. The Balaban J connectivity index is 2.51. The Labute approximate surface area is 205 Å². The minimum absolute atomic E-state index is 0.213. The summed E-state index contributed by atoms with van der Waals surface area (Å²) in [7, 11) is -10.6. The first kappa shape index (κ1) is 26.8. The van der Waals surface area contributed by atoms with E-state index in [0.29, 0.717) is 10.1 Å². The zero-order chi connectivity index (χ0) is 24.8. The minimum atomic E-state index is -2.31. The topological polar surface area (TPSA) is 6.48 Å². The molecule has 3 rings (SSSR count). The van der Waals surface area contributed by atoms with Crippen LogP contribution in [-0.4, -0.2) is 55.6 Å². The van der Waals surface area contributed by atoms with Crippen molar-refractivity contribution >= 4 is 58.8 Å². The van der Waals surface area contributed by atoms with Crippen molar-refractivity contribution in [3.05, 3.63) is 11.1 Å². The third-order valence-corrected chi connectivity index (χ3v) is 61.0. The summed E-state index contributed by atoms with van der Waals surface area (Å²) in [6.45, 7) is 44.4. The van der Waals surface area contributed by atoms with Crippen LogP contribution in [0.1, 0.15) is 34.6 Å². The fraction of sp³-hybridized carbons (Fsp3) is 0.909. The summed E-state index contributed by atoms with van der Waals surface area (Å²) < 4.78 is 6.55. The molecule has 2 aliphatic heterocycles. The first-order valence-corrected chi connectivity index (χ1v) is 32.0. The van der Waals surface area contributed by atoms with Crippen molar-refractivity contribution in [2.75, 3.05) is 0 Å². The molecule has 2 heterocycles. The fourth-order valence-corrected chi connectivity index (χ4v) is 97.1. The van der Waals surface area contributed by atoms with E-state index in [0.717, 1.165) is 0 Å². The van der Waals surface area contributed by atoms with Gasteiger partial charge in [-0.25, -0.2) is 0 Å². The van der Waals surface area contributed by atoms with Crippen molar-refractivity contribution < 1.29 is 0 Å². The Morgan fingerprint density at radius 3 is 1.13 bits per heavy atom. The lowest BCUT2D eigenvalue weighted by Crippen LogP contribution is -2.93. The van der Waals surface area contributed by atoms with Crippen LogP contribution >= 0.6 is 11.1 Å². The van der Waals surface area contributed by atoms with Crippen molar-refractivity contribution in [1.82, 2.24) is 7.79 Å². The van der Waals surface area contributed by atoms with Crippen LogP contribution in [0, 0.1) is 0 Å². The molecular weight excluding hydrogens is 496 g/mol. The number of allylic oxidation sites excluding steroid dienone is 2. The maximum absolute atomic E-state index is 8.64. The van der Waals surface area contributed by atoms with Gasteiger partial charge in [0, 0.05) is 10.1 Å². The quantitative estimate of drug-likeness (QED) is 0.188. The average Bonchev–Trinajstić information content (AvgIpc) is 2.86. The van der Waals surface area contributed by atoms with Crippen LogP contribution in [-0.2, 0) is 0 Å². The summed E-state index contributed by atoms with van der Waals surface area (Å²) >= 11 is 8.64. The standard InChI is InChI=1S/C22H51ClN2Si6/c1-18-19(2)21(4)22(5)20(18,3)30(22,24(26(6,7)8)27(9,10)11)31(21,23)25(28(12,13)14)29(15,16)17/h1-17H3. The van der Waals surface area contributed by atoms with Crippen molar-refractivity contribution in [2.45, 2.75) is 128 Å². The summed E-state index contributed by atoms with van der Waals surface area (Å²) in [4.78, 5) is 0. The molecule has 0 amide bonds. The lowest BCUT2D eigenvalue weighted by Gasteiger charge is -2.74. The van der Waals surface area contributed by atoms with Gasteiger partial charge in [0.1, 0.15) is 32.9 Å². The van der Waals surface area contributed by atoms with Crippen LogP contribution in [0.4, 0.5) is 0 Å². The maximum Gasteiger partial charge on any atom is 0.231 e. The number of nitrogens with zero attached hydrogens (tertiary/aromatic N) is 2. The molecule has 2 fully saturated rings. The van der Waals surface area contributed by atoms with Crippen LogP contribution in [0.2, 0.25) is 93.7 Å². The highest BCUT2D eigenvalue weighted by Gasteiger charge is 3.12. The van der Waals surface area contributed by atoms with Crippen LogP contribution in [0.25, 0.3) is 0 Å². The second-order valence-corrected chi connectivity index (χ2v) is 50.6. The number of fused-ring (bicyclic) bond motifs is 1. The van der Waals surface area contributed by atoms with Gasteiger partial charge in [0.05, 0.1) is 0 Å². The number of hydrogen-bond acceptors (Lipinski definition) is 2. The fourth-order valence-electron chi connectivity index (χ4n) is 9.98. The van der Waals surface area contributed by atoms with Gasteiger partial charge in [0.2, 0.25) is 7.06 Å². The molecule has 0 N–H and O–H groups in total.